The smallest absolute Gasteiger partial charge is 0.274 e. The number of nitrogens with zero attached hydrogens (tertiary/aromatic N) is 1. The van der Waals surface area contributed by atoms with Gasteiger partial charge in [-0.3, -0.25) is 10.1 Å². The van der Waals surface area contributed by atoms with Crippen molar-refractivity contribution in [2.45, 2.75) is 6.42 Å². The minimum atomic E-state index is -0.460. The lowest BCUT2D eigenvalue weighted by molar-refractivity contribution is -0.384. The van der Waals surface area contributed by atoms with Crippen LogP contribution in [0.3, 0.4) is 0 Å². The fraction of sp³-hybridized carbons (Fsp3) is 0.273. The number of rotatable bonds is 3. The van der Waals surface area contributed by atoms with Gasteiger partial charge in [-0.1, -0.05) is 27.8 Å². The molecule has 0 bridgehead atoms. The van der Waals surface area contributed by atoms with Crippen LogP contribution in [0, 0.1) is 22.0 Å². The average molecular weight is 284 g/mol. The first-order chi connectivity index (χ1) is 7.67. The Morgan fingerprint density at radius 1 is 1.50 bits per heavy atom. The maximum Gasteiger partial charge on any atom is 0.274 e. The Balaban J connectivity index is 3.06. The van der Waals surface area contributed by atoms with E-state index < -0.39 is 4.92 Å². The van der Waals surface area contributed by atoms with E-state index in [-0.39, 0.29) is 5.69 Å². The lowest BCUT2D eigenvalue weighted by atomic mass is 10.2. The number of non-ortho nitro benzene ring substituents is 1. The van der Waals surface area contributed by atoms with Crippen LogP contribution in [0.25, 0.3) is 0 Å². The molecule has 0 aliphatic rings. The topological polar surface area (TPSA) is 52.4 Å². The number of halogens is 1. The number of nitro benzene ring substituents is 1. The highest BCUT2D eigenvalue weighted by molar-refractivity contribution is 9.09. The molecule has 0 amide bonds. The van der Waals surface area contributed by atoms with E-state index in [1.54, 1.807) is 6.07 Å². The Bertz CT molecular complexity index is 448. The molecule has 0 N–H and O–H groups in total. The molecule has 0 radical (unpaired) electrons. The number of hydrogen-bond acceptors (Lipinski definition) is 3. The zero-order valence-corrected chi connectivity index (χ0v) is 10.3. The zero-order valence-electron chi connectivity index (χ0n) is 8.70. The number of alkyl halides is 1. The Morgan fingerprint density at radius 3 is 2.81 bits per heavy atom. The zero-order chi connectivity index (χ0) is 12.0. The molecule has 0 heterocycles. The van der Waals surface area contributed by atoms with E-state index in [9.17, 15) is 10.1 Å². The lowest BCUT2D eigenvalue weighted by Crippen LogP contribution is -1.91. The summed E-state index contributed by atoms with van der Waals surface area (Å²) in [6.07, 6.45) is 0.699. The van der Waals surface area contributed by atoms with Crippen molar-refractivity contribution in [3.8, 4) is 17.6 Å². The van der Waals surface area contributed by atoms with Crippen LogP contribution in [0.15, 0.2) is 18.2 Å². The third-order valence-electron chi connectivity index (χ3n) is 1.79. The van der Waals surface area contributed by atoms with Gasteiger partial charge in [0.2, 0.25) is 0 Å². The van der Waals surface area contributed by atoms with Gasteiger partial charge in [-0.25, -0.2) is 0 Å². The summed E-state index contributed by atoms with van der Waals surface area (Å²) in [4.78, 5) is 10.2. The molecule has 1 rings (SSSR count). The van der Waals surface area contributed by atoms with Gasteiger partial charge in [-0.05, 0) is 6.07 Å². The highest BCUT2D eigenvalue weighted by Crippen LogP contribution is 2.21. The number of nitro groups is 1. The standard InChI is InChI=1S/C11H10BrNO3/c1-16-11-7-9(4-2-3-5-12)6-10(8-11)13(14)15/h6-8H,3,5H2,1H3. The molecular weight excluding hydrogens is 274 g/mol. The van der Waals surface area contributed by atoms with Crippen molar-refractivity contribution in [2.75, 3.05) is 12.4 Å². The third kappa shape index (κ3) is 3.55. The van der Waals surface area contributed by atoms with E-state index in [4.69, 9.17) is 4.74 Å². The Hall–Kier alpha value is -1.54. The first-order valence-electron chi connectivity index (χ1n) is 4.55. The Kier molecular flexibility index (Phi) is 4.80. The fourth-order valence-corrected chi connectivity index (χ4v) is 1.29. The predicted molar refractivity (Wildman–Crippen MR) is 64.9 cm³/mol. The molecule has 0 spiro atoms. The van der Waals surface area contributed by atoms with Gasteiger partial charge in [0, 0.05) is 23.4 Å². The molecule has 0 unspecified atom stereocenters. The maximum absolute atomic E-state index is 10.6. The Labute approximate surface area is 102 Å². The molecule has 5 heteroatoms. The first-order valence-corrected chi connectivity index (χ1v) is 5.68. The van der Waals surface area contributed by atoms with Crippen molar-refractivity contribution in [3.63, 3.8) is 0 Å². The van der Waals surface area contributed by atoms with Gasteiger partial charge in [-0.2, -0.15) is 0 Å². The van der Waals surface area contributed by atoms with E-state index in [1.165, 1.54) is 19.2 Å². The van der Waals surface area contributed by atoms with Gasteiger partial charge in [-0.15, -0.1) is 0 Å². The molecule has 1 aromatic carbocycles. The summed E-state index contributed by atoms with van der Waals surface area (Å²) >= 11 is 3.25. The first kappa shape index (κ1) is 12.5. The second-order valence-corrected chi connectivity index (χ2v) is 3.71. The van der Waals surface area contributed by atoms with Crippen LogP contribution < -0.4 is 4.74 Å². The number of hydrogen-bond donors (Lipinski definition) is 0. The molecular formula is C11H10BrNO3. The van der Waals surface area contributed by atoms with Crippen molar-refractivity contribution >= 4 is 21.6 Å². The molecule has 0 atom stereocenters. The van der Waals surface area contributed by atoms with Crippen molar-refractivity contribution in [1.29, 1.82) is 0 Å². The van der Waals surface area contributed by atoms with Crippen molar-refractivity contribution in [1.82, 2.24) is 0 Å². The molecule has 16 heavy (non-hydrogen) atoms. The van der Waals surface area contributed by atoms with Gasteiger partial charge in [0.15, 0.2) is 0 Å². The highest BCUT2D eigenvalue weighted by atomic mass is 79.9. The van der Waals surface area contributed by atoms with Crippen LogP contribution in [-0.2, 0) is 0 Å². The van der Waals surface area contributed by atoms with E-state index >= 15 is 0 Å². The Morgan fingerprint density at radius 2 is 2.25 bits per heavy atom. The summed E-state index contributed by atoms with van der Waals surface area (Å²) in [5.41, 5.74) is 0.578. The summed E-state index contributed by atoms with van der Waals surface area (Å²) in [6.45, 7) is 0. The molecule has 4 nitrogen and oxygen atoms in total. The predicted octanol–water partition coefficient (Wildman–Crippen LogP) is 2.74. The summed E-state index contributed by atoms with van der Waals surface area (Å²) in [6, 6.07) is 4.48. The summed E-state index contributed by atoms with van der Waals surface area (Å²) in [5.74, 6) is 6.19. The van der Waals surface area contributed by atoms with Gasteiger partial charge >= 0.3 is 0 Å². The molecule has 84 valence electrons. The quantitative estimate of drug-likeness (QED) is 0.371. The molecule has 0 fully saturated rings. The van der Waals surface area contributed by atoms with Crippen molar-refractivity contribution < 1.29 is 9.66 Å². The van der Waals surface area contributed by atoms with Gasteiger partial charge in [0.05, 0.1) is 18.1 Å². The number of methoxy groups -OCH3 is 1. The second kappa shape index (κ2) is 6.13. The van der Waals surface area contributed by atoms with Crippen LogP contribution in [0.1, 0.15) is 12.0 Å². The van der Waals surface area contributed by atoms with Crippen LogP contribution >= 0.6 is 15.9 Å². The van der Waals surface area contributed by atoms with E-state index in [0.29, 0.717) is 17.7 Å². The highest BCUT2D eigenvalue weighted by Gasteiger charge is 2.08. The molecule has 0 aliphatic heterocycles. The van der Waals surface area contributed by atoms with Crippen LogP contribution in [0.4, 0.5) is 5.69 Å². The van der Waals surface area contributed by atoms with Crippen molar-refractivity contribution in [2.24, 2.45) is 0 Å². The van der Waals surface area contributed by atoms with Crippen molar-refractivity contribution in [3.05, 3.63) is 33.9 Å². The van der Waals surface area contributed by atoms with Gasteiger partial charge < -0.3 is 4.74 Å². The average Bonchev–Trinajstić information content (AvgIpc) is 2.29. The minimum absolute atomic E-state index is 0.0116. The van der Waals surface area contributed by atoms with Crippen LogP contribution in [-0.4, -0.2) is 17.4 Å². The summed E-state index contributed by atoms with van der Waals surface area (Å²) in [7, 11) is 1.47. The largest absolute Gasteiger partial charge is 0.496 e. The van der Waals surface area contributed by atoms with E-state index in [0.717, 1.165) is 5.33 Å². The van der Waals surface area contributed by atoms with E-state index in [1.807, 2.05) is 0 Å². The molecule has 0 saturated heterocycles. The van der Waals surface area contributed by atoms with Crippen LogP contribution in [0.5, 0.6) is 5.75 Å². The SMILES string of the molecule is COc1cc(C#CCCBr)cc([N+](=O)[O-])c1. The third-order valence-corrected chi connectivity index (χ3v) is 2.19. The minimum Gasteiger partial charge on any atom is -0.496 e. The molecule has 0 aromatic heterocycles. The lowest BCUT2D eigenvalue weighted by Gasteiger charge is -2.00. The normalized spacial score (nSPS) is 9.12. The maximum atomic E-state index is 10.6. The monoisotopic (exact) mass is 283 g/mol. The summed E-state index contributed by atoms with van der Waals surface area (Å²) in [5, 5.41) is 11.4. The van der Waals surface area contributed by atoms with Gasteiger partial charge in [0.25, 0.3) is 5.69 Å². The van der Waals surface area contributed by atoms with E-state index in [2.05, 4.69) is 27.8 Å². The number of ether oxygens (including phenoxy) is 1. The fourth-order valence-electron chi connectivity index (χ4n) is 1.09. The van der Waals surface area contributed by atoms with Crippen LogP contribution in [0.2, 0.25) is 0 Å². The van der Waals surface area contributed by atoms with Gasteiger partial charge in [0.1, 0.15) is 5.75 Å². The second-order valence-electron chi connectivity index (χ2n) is 2.92. The summed E-state index contributed by atoms with van der Waals surface area (Å²) < 4.78 is 4.97. The number of benzene rings is 1. The molecule has 0 aliphatic carbocycles. The molecule has 0 saturated carbocycles. The molecule has 1 aromatic rings.